The quantitative estimate of drug-likeness (QED) is 0.241. The summed E-state index contributed by atoms with van der Waals surface area (Å²) in [4.78, 5) is 21.0. The maximum Gasteiger partial charge on any atom is 0.324 e. The van der Waals surface area contributed by atoms with E-state index in [0.717, 1.165) is 0 Å². The second-order valence-corrected chi connectivity index (χ2v) is 1.82. The molecule has 0 aromatic rings. The first kappa shape index (κ1) is 7.48. The number of aliphatic hydroxyl groups excluding tert-OH is 1. The smallest absolute Gasteiger partial charge is 0.324 e. The van der Waals surface area contributed by atoms with Crippen molar-refractivity contribution in [1.82, 2.24) is 10.6 Å². The van der Waals surface area contributed by atoms with Crippen molar-refractivity contribution < 1.29 is 19.9 Å². The van der Waals surface area contributed by atoms with Gasteiger partial charge in [0.1, 0.15) is 0 Å². The van der Waals surface area contributed by atoms with Crippen LogP contribution in [-0.4, -0.2) is 34.2 Å². The summed E-state index contributed by atoms with van der Waals surface area (Å²) in [6.45, 7) is 0. The second-order valence-electron chi connectivity index (χ2n) is 1.82. The normalized spacial score (nSPS) is 28.1. The van der Waals surface area contributed by atoms with Gasteiger partial charge in [-0.1, -0.05) is 5.16 Å². The van der Waals surface area contributed by atoms with E-state index in [0.29, 0.717) is 0 Å². The van der Waals surface area contributed by atoms with Gasteiger partial charge in [0.05, 0.1) is 0 Å². The minimum absolute atomic E-state index is 0.537. The summed E-state index contributed by atoms with van der Waals surface area (Å²) in [5.41, 5.74) is -0.537. The monoisotopic (exact) mass is 159 g/mol. The predicted octanol–water partition coefficient (Wildman–Crippen LogP) is -2.03. The molecule has 1 heterocycles. The molecule has 3 amide bonds. The Morgan fingerprint density at radius 3 is 2.55 bits per heavy atom. The molecule has 1 fully saturated rings. The Kier molecular flexibility index (Phi) is 1.73. The fourth-order valence-electron chi connectivity index (χ4n) is 0.620. The molecule has 1 unspecified atom stereocenters. The Bertz CT molecular complexity index is 235. The van der Waals surface area contributed by atoms with Crippen LogP contribution in [0.1, 0.15) is 0 Å². The number of nitrogens with zero attached hydrogens (tertiary/aromatic N) is 1. The molecule has 1 aliphatic rings. The molecule has 1 aliphatic heterocycles. The van der Waals surface area contributed by atoms with E-state index in [1.165, 1.54) is 0 Å². The Labute approximate surface area is 60.7 Å². The van der Waals surface area contributed by atoms with Gasteiger partial charge in [-0.15, -0.1) is 0 Å². The van der Waals surface area contributed by atoms with Crippen LogP contribution >= 0.6 is 0 Å². The lowest BCUT2D eigenvalue weighted by Gasteiger charge is -2.18. The lowest BCUT2D eigenvalue weighted by molar-refractivity contribution is -0.115. The van der Waals surface area contributed by atoms with E-state index in [1.54, 1.807) is 5.32 Å². The van der Waals surface area contributed by atoms with Gasteiger partial charge in [-0.2, -0.15) is 0 Å². The standard InChI is InChI=1S/C4H5N3O4/c8-2-1(7-11)3(9)6-4(10)5-2/h2,8,11H,(H2,5,6,9,10)/b7-1-. The first-order chi connectivity index (χ1) is 5.15. The van der Waals surface area contributed by atoms with Crippen LogP contribution in [0.4, 0.5) is 4.79 Å². The van der Waals surface area contributed by atoms with Gasteiger partial charge in [-0.3, -0.25) is 10.1 Å². The molecule has 0 bridgehead atoms. The van der Waals surface area contributed by atoms with Gasteiger partial charge in [-0.25, -0.2) is 4.79 Å². The lowest BCUT2D eigenvalue weighted by Crippen LogP contribution is -2.58. The van der Waals surface area contributed by atoms with Gasteiger partial charge in [0.25, 0.3) is 5.91 Å². The molecule has 11 heavy (non-hydrogen) atoms. The molecule has 1 rings (SSSR count). The maximum atomic E-state index is 10.6. The van der Waals surface area contributed by atoms with Crippen LogP contribution in [0, 0.1) is 0 Å². The molecule has 0 aromatic heterocycles. The first-order valence-corrected chi connectivity index (χ1v) is 2.67. The highest BCUT2D eigenvalue weighted by atomic mass is 16.4. The highest BCUT2D eigenvalue weighted by Crippen LogP contribution is 1.91. The molecule has 0 saturated carbocycles. The van der Waals surface area contributed by atoms with Crippen LogP contribution in [-0.2, 0) is 4.79 Å². The van der Waals surface area contributed by atoms with Crippen LogP contribution in [0.2, 0.25) is 0 Å². The van der Waals surface area contributed by atoms with Crippen LogP contribution in [0.15, 0.2) is 5.16 Å². The number of rotatable bonds is 0. The van der Waals surface area contributed by atoms with E-state index in [1.807, 2.05) is 5.32 Å². The average Bonchev–Trinajstić information content (AvgIpc) is 1.85. The fraction of sp³-hybridized carbons (Fsp3) is 0.250. The predicted molar refractivity (Wildman–Crippen MR) is 31.9 cm³/mol. The van der Waals surface area contributed by atoms with Gasteiger partial charge >= 0.3 is 6.03 Å². The second kappa shape index (κ2) is 2.54. The van der Waals surface area contributed by atoms with Crippen molar-refractivity contribution in [3.63, 3.8) is 0 Å². The van der Waals surface area contributed by atoms with Gasteiger partial charge in [0.15, 0.2) is 11.9 Å². The van der Waals surface area contributed by atoms with Crippen LogP contribution in [0.3, 0.4) is 0 Å². The number of urea groups is 1. The molecule has 7 nitrogen and oxygen atoms in total. The summed E-state index contributed by atoms with van der Waals surface area (Å²) in [6, 6.07) is -0.824. The summed E-state index contributed by atoms with van der Waals surface area (Å²) >= 11 is 0. The van der Waals surface area contributed by atoms with Crippen LogP contribution in [0.25, 0.3) is 0 Å². The maximum absolute atomic E-state index is 10.6. The van der Waals surface area contributed by atoms with E-state index in [9.17, 15) is 9.59 Å². The van der Waals surface area contributed by atoms with Crippen molar-refractivity contribution in [2.75, 3.05) is 0 Å². The molecule has 0 spiro atoms. The molecular weight excluding hydrogens is 154 g/mol. The molecule has 0 aliphatic carbocycles. The molecule has 1 saturated heterocycles. The highest BCUT2D eigenvalue weighted by Gasteiger charge is 2.30. The number of carbonyl (C=O) groups excluding carboxylic acids is 2. The van der Waals surface area contributed by atoms with Gasteiger partial charge in [-0.05, 0) is 0 Å². The Balaban J connectivity index is 2.83. The van der Waals surface area contributed by atoms with E-state index < -0.39 is 23.9 Å². The van der Waals surface area contributed by atoms with E-state index in [4.69, 9.17) is 10.3 Å². The number of hydrogen-bond acceptors (Lipinski definition) is 5. The van der Waals surface area contributed by atoms with Crippen molar-refractivity contribution in [1.29, 1.82) is 0 Å². The summed E-state index contributed by atoms with van der Waals surface area (Å²) < 4.78 is 0. The molecule has 0 aromatic carbocycles. The largest absolute Gasteiger partial charge is 0.410 e. The third-order valence-electron chi connectivity index (χ3n) is 1.09. The minimum atomic E-state index is -1.54. The third kappa shape index (κ3) is 1.27. The van der Waals surface area contributed by atoms with Crippen molar-refractivity contribution in [3.05, 3.63) is 0 Å². The Hall–Kier alpha value is -1.63. The summed E-state index contributed by atoms with van der Waals surface area (Å²) in [7, 11) is 0. The number of carbonyl (C=O) groups is 2. The number of amides is 3. The number of aliphatic hydroxyl groups is 1. The number of hydrogen-bond donors (Lipinski definition) is 4. The van der Waals surface area contributed by atoms with E-state index >= 15 is 0 Å². The summed E-state index contributed by atoms with van der Waals surface area (Å²) in [5.74, 6) is -0.913. The molecule has 1 atom stereocenters. The zero-order chi connectivity index (χ0) is 8.43. The number of nitrogens with one attached hydrogen (secondary N) is 2. The van der Waals surface area contributed by atoms with Crippen molar-refractivity contribution >= 4 is 17.6 Å². The zero-order valence-corrected chi connectivity index (χ0v) is 5.24. The van der Waals surface area contributed by atoms with Crippen LogP contribution < -0.4 is 10.6 Å². The lowest BCUT2D eigenvalue weighted by atomic mass is 10.3. The highest BCUT2D eigenvalue weighted by molar-refractivity contribution is 6.44. The molecule has 4 N–H and O–H groups in total. The molecule has 0 radical (unpaired) electrons. The molecule has 7 heteroatoms. The van der Waals surface area contributed by atoms with Gasteiger partial charge < -0.3 is 15.6 Å². The average molecular weight is 159 g/mol. The summed E-state index contributed by atoms with van der Waals surface area (Å²) in [5, 5.41) is 23.1. The van der Waals surface area contributed by atoms with Crippen molar-refractivity contribution in [3.8, 4) is 0 Å². The SMILES string of the molecule is O=C1NC(=O)/C(=N\O)C(O)N1. The Morgan fingerprint density at radius 1 is 1.45 bits per heavy atom. The van der Waals surface area contributed by atoms with E-state index in [2.05, 4.69) is 5.16 Å². The van der Waals surface area contributed by atoms with E-state index in [-0.39, 0.29) is 0 Å². The third-order valence-corrected chi connectivity index (χ3v) is 1.09. The Morgan fingerprint density at radius 2 is 2.09 bits per heavy atom. The molecule has 60 valence electrons. The van der Waals surface area contributed by atoms with Gasteiger partial charge in [0.2, 0.25) is 0 Å². The van der Waals surface area contributed by atoms with Crippen LogP contribution in [0.5, 0.6) is 0 Å². The van der Waals surface area contributed by atoms with Crippen molar-refractivity contribution in [2.45, 2.75) is 6.23 Å². The first-order valence-electron chi connectivity index (χ1n) is 2.67. The topological polar surface area (TPSA) is 111 Å². The van der Waals surface area contributed by atoms with Gasteiger partial charge in [0, 0.05) is 0 Å². The summed E-state index contributed by atoms with van der Waals surface area (Å²) in [6.07, 6.45) is -1.54. The zero-order valence-electron chi connectivity index (χ0n) is 5.24. The number of oxime groups is 1. The minimum Gasteiger partial charge on any atom is -0.410 e. The molecular formula is C4H5N3O4. The fourth-order valence-corrected chi connectivity index (χ4v) is 0.620. The van der Waals surface area contributed by atoms with Crippen molar-refractivity contribution in [2.24, 2.45) is 5.16 Å². The number of imide groups is 1.